The molecule has 2 atom stereocenters. The van der Waals surface area contributed by atoms with Crippen molar-refractivity contribution in [2.24, 2.45) is 5.92 Å². The Kier molecular flexibility index (Phi) is 8.96. The standard InChI is InChI=1S/C23H30N4O7S/c1-3-18(20(29)22-25-26-23(33-2)34-22)24-21(30)17(13-19(28)27-11-7-8-12-27)15-35(31,32)14-16-9-5-4-6-10-16/h4-6,9-10,17-18H,3,7-8,11-15H2,1-2H3,(H,24,30). The number of aromatic nitrogens is 2. The van der Waals surface area contributed by atoms with Crippen molar-refractivity contribution in [1.82, 2.24) is 20.4 Å². The van der Waals surface area contributed by atoms with Crippen molar-refractivity contribution >= 4 is 27.4 Å². The zero-order valence-electron chi connectivity index (χ0n) is 19.8. The summed E-state index contributed by atoms with van der Waals surface area (Å²) in [6.07, 6.45) is 1.47. The van der Waals surface area contributed by atoms with E-state index in [9.17, 15) is 22.8 Å². The molecule has 1 aromatic carbocycles. The number of ketones is 1. The maximum atomic E-state index is 13.2. The van der Waals surface area contributed by atoms with Crippen LogP contribution in [0.25, 0.3) is 0 Å². The number of hydrogen-bond acceptors (Lipinski definition) is 9. The van der Waals surface area contributed by atoms with E-state index in [1.54, 1.807) is 42.2 Å². The molecule has 1 fully saturated rings. The summed E-state index contributed by atoms with van der Waals surface area (Å²) in [6, 6.07) is 7.58. The van der Waals surface area contributed by atoms with Crippen LogP contribution >= 0.6 is 0 Å². The number of carbonyl (C=O) groups excluding carboxylic acids is 3. The molecule has 0 bridgehead atoms. The second kappa shape index (κ2) is 11.9. The van der Waals surface area contributed by atoms with Crippen molar-refractivity contribution in [1.29, 1.82) is 0 Å². The van der Waals surface area contributed by atoms with Gasteiger partial charge in [0.05, 0.1) is 30.6 Å². The Bertz CT molecular complexity index is 1130. The number of methoxy groups -OCH3 is 1. The van der Waals surface area contributed by atoms with E-state index in [-0.39, 0.29) is 36.5 Å². The van der Waals surface area contributed by atoms with Gasteiger partial charge < -0.3 is 19.4 Å². The number of hydrogen-bond donors (Lipinski definition) is 1. The molecule has 2 amide bonds. The number of rotatable bonds is 12. The summed E-state index contributed by atoms with van der Waals surface area (Å²) >= 11 is 0. The molecule has 1 saturated heterocycles. The third kappa shape index (κ3) is 7.35. The third-order valence-electron chi connectivity index (χ3n) is 5.77. The summed E-state index contributed by atoms with van der Waals surface area (Å²) in [5.41, 5.74) is 0.587. The number of nitrogens with zero attached hydrogens (tertiary/aromatic N) is 3. The molecule has 2 aromatic rings. The SMILES string of the molecule is CCC(NC(=O)C(CC(=O)N1CCCC1)CS(=O)(=O)Cc1ccccc1)C(=O)c1nnc(OC)o1. The van der Waals surface area contributed by atoms with E-state index in [0.29, 0.717) is 18.7 Å². The van der Waals surface area contributed by atoms with E-state index in [0.717, 1.165) is 12.8 Å². The number of likely N-dealkylation sites (tertiary alicyclic amines) is 1. The van der Waals surface area contributed by atoms with Crippen LogP contribution in [0.15, 0.2) is 34.7 Å². The van der Waals surface area contributed by atoms with Crippen LogP contribution in [0.4, 0.5) is 0 Å². The van der Waals surface area contributed by atoms with Gasteiger partial charge >= 0.3 is 6.08 Å². The van der Waals surface area contributed by atoms with Crippen molar-refractivity contribution in [2.45, 2.75) is 44.4 Å². The average Bonchev–Trinajstić information content (AvgIpc) is 3.54. The van der Waals surface area contributed by atoms with Crippen molar-refractivity contribution in [3.63, 3.8) is 0 Å². The highest BCUT2D eigenvalue weighted by Gasteiger charge is 2.33. The van der Waals surface area contributed by atoms with Gasteiger partial charge in [0.15, 0.2) is 9.84 Å². The van der Waals surface area contributed by atoms with E-state index < -0.39 is 39.2 Å². The van der Waals surface area contributed by atoms with Gasteiger partial charge in [-0.15, -0.1) is 5.10 Å². The fourth-order valence-corrected chi connectivity index (χ4v) is 5.61. The molecule has 1 aromatic heterocycles. The number of sulfone groups is 1. The summed E-state index contributed by atoms with van der Waals surface area (Å²) in [7, 11) is -2.43. The lowest BCUT2D eigenvalue weighted by Gasteiger charge is -2.23. The van der Waals surface area contributed by atoms with Gasteiger partial charge in [-0.1, -0.05) is 42.4 Å². The molecule has 0 spiro atoms. The smallest absolute Gasteiger partial charge is 0.414 e. The highest BCUT2D eigenvalue weighted by molar-refractivity contribution is 7.90. The second-order valence-corrected chi connectivity index (χ2v) is 10.5. The monoisotopic (exact) mass is 506 g/mol. The topological polar surface area (TPSA) is 149 Å². The first-order valence-electron chi connectivity index (χ1n) is 11.5. The maximum absolute atomic E-state index is 13.2. The van der Waals surface area contributed by atoms with Crippen LogP contribution in [0, 0.1) is 5.92 Å². The molecule has 0 saturated carbocycles. The maximum Gasteiger partial charge on any atom is 0.414 e. The minimum atomic E-state index is -3.74. The minimum Gasteiger partial charge on any atom is -0.452 e. The molecule has 35 heavy (non-hydrogen) atoms. The van der Waals surface area contributed by atoms with Crippen LogP contribution < -0.4 is 10.1 Å². The molecule has 190 valence electrons. The molecular weight excluding hydrogens is 476 g/mol. The van der Waals surface area contributed by atoms with Crippen molar-refractivity contribution in [2.75, 3.05) is 26.0 Å². The normalized spacial score (nSPS) is 15.4. The molecule has 0 radical (unpaired) electrons. The lowest BCUT2D eigenvalue weighted by Crippen LogP contribution is -2.46. The Morgan fingerprint density at radius 2 is 1.83 bits per heavy atom. The number of amides is 2. The first-order chi connectivity index (χ1) is 16.7. The fraction of sp³-hybridized carbons (Fsp3) is 0.522. The predicted octanol–water partition coefficient (Wildman–Crippen LogP) is 1.40. The van der Waals surface area contributed by atoms with E-state index in [2.05, 4.69) is 15.5 Å². The van der Waals surface area contributed by atoms with E-state index in [4.69, 9.17) is 9.15 Å². The number of nitrogens with one attached hydrogen (secondary N) is 1. The Morgan fingerprint density at radius 3 is 2.43 bits per heavy atom. The first kappa shape index (κ1) is 26.3. The molecule has 1 aliphatic rings. The van der Waals surface area contributed by atoms with Crippen molar-refractivity contribution < 1.29 is 32.0 Å². The quantitative estimate of drug-likeness (QED) is 0.422. The molecule has 1 N–H and O–H groups in total. The van der Waals surface area contributed by atoms with Gasteiger partial charge in [0, 0.05) is 19.5 Å². The Labute approximate surface area is 204 Å². The first-order valence-corrected chi connectivity index (χ1v) is 13.3. The third-order valence-corrected chi connectivity index (χ3v) is 7.45. The molecule has 12 heteroatoms. The van der Waals surface area contributed by atoms with Gasteiger partial charge in [-0.3, -0.25) is 14.4 Å². The number of benzene rings is 1. The number of Topliss-reactive ketones (excluding diaryl/α,β-unsaturated/α-hetero) is 1. The summed E-state index contributed by atoms with van der Waals surface area (Å²) < 4.78 is 35.8. The van der Waals surface area contributed by atoms with Crippen LogP contribution in [-0.4, -0.2) is 73.1 Å². The minimum absolute atomic E-state index is 0.193. The highest BCUT2D eigenvalue weighted by Crippen LogP contribution is 2.18. The number of carbonyl (C=O) groups is 3. The van der Waals surface area contributed by atoms with Crippen LogP contribution in [0.3, 0.4) is 0 Å². The van der Waals surface area contributed by atoms with Crippen LogP contribution in [0.1, 0.15) is 48.9 Å². The molecule has 2 heterocycles. The van der Waals surface area contributed by atoms with Gasteiger partial charge in [0.25, 0.3) is 5.89 Å². The van der Waals surface area contributed by atoms with E-state index in [1.165, 1.54) is 7.11 Å². The summed E-state index contributed by atoms with van der Waals surface area (Å²) in [5, 5.41) is 9.75. The van der Waals surface area contributed by atoms with E-state index >= 15 is 0 Å². The fourth-order valence-electron chi connectivity index (χ4n) is 3.91. The van der Waals surface area contributed by atoms with Gasteiger partial charge in [-0.2, -0.15) is 0 Å². The molecule has 3 rings (SSSR count). The van der Waals surface area contributed by atoms with Gasteiger partial charge in [0.2, 0.25) is 17.6 Å². The lowest BCUT2D eigenvalue weighted by molar-refractivity contribution is -0.135. The Balaban J connectivity index is 1.76. The van der Waals surface area contributed by atoms with Crippen LogP contribution in [-0.2, 0) is 25.2 Å². The van der Waals surface area contributed by atoms with Gasteiger partial charge in [-0.05, 0) is 24.8 Å². The van der Waals surface area contributed by atoms with Gasteiger partial charge in [-0.25, -0.2) is 8.42 Å². The second-order valence-electron chi connectivity index (χ2n) is 8.44. The largest absolute Gasteiger partial charge is 0.452 e. The van der Waals surface area contributed by atoms with Crippen LogP contribution in [0.2, 0.25) is 0 Å². The molecule has 1 aliphatic heterocycles. The Hall–Kier alpha value is -3.28. The molecule has 0 aliphatic carbocycles. The van der Waals surface area contributed by atoms with Crippen molar-refractivity contribution in [3.05, 3.63) is 41.8 Å². The summed E-state index contributed by atoms with van der Waals surface area (Å²) in [4.78, 5) is 40.4. The highest BCUT2D eigenvalue weighted by atomic mass is 32.2. The number of ether oxygens (including phenoxy) is 1. The van der Waals surface area contributed by atoms with Crippen LogP contribution in [0.5, 0.6) is 6.08 Å². The van der Waals surface area contributed by atoms with E-state index in [1.807, 2.05) is 0 Å². The predicted molar refractivity (Wildman–Crippen MR) is 125 cm³/mol. The van der Waals surface area contributed by atoms with Crippen molar-refractivity contribution in [3.8, 4) is 6.08 Å². The average molecular weight is 507 g/mol. The molecular formula is C23H30N4O7S. The summed E-state index contributed by atoms with van der Waals surface area (Å²) in [6.45, 7) is 2.84. The molecule has 11 nitrogen and oxygen atoms in total. The van der Waals surface area contributed by atoms with Gasteiger partial charge in [0.1, 0.15) is 0 Å². The molecule has 2 unspecified atom stereocenters. The lowest BCUT2D eigenvalue weighted by atomic mass is 10.0. The Morgan fingerprint density at radius 1 is 1.14 bits per heavy atom. The zero-order chi connectivity index (χ0) is 25.4. The summed E-state index contributed by atoms with van der Waals surface area (Å²) in [5.74, 6) is -3.88. The zero-order valence-corrected chi connectivity index (χ0v) is 20.6.